The molecule has 118 valence electrons. The number of ether oxygens (including phenoxy) is 1. The average Bonchev–Trinajstić information content (AvgIpc) is 2.62. The van der Waals surface area contributed by atoms with Gasteiger partial charge in [-0.15, -0.1) is 11.3 Å². The Labute approximate surface area is 134 Å². The first kappa shape index (κ1) is 14.4. The van der Waals surface area contributed by atoms with Crippen molar-refractivity contribution in [2.24, 2.45) is 5.92 Å². The molecule has 0 spiro atoms. The molecule has 2 fully saturated rings. The highest BCUT2D eigenvalue weighted by atomic mass is 32.1. The lowest BCUT2D eigenvalue weighted by atomic mass is 10.1. The van der Waals surface area contributed by atoms with Crippen molar-refractivity contribution < 1.29 is 4.74 Å². The molecule has 0 amide bonds. The number of anilines is 1. The van der Waals surface area contributed by atoms with Crippen molar-refractivity contribution in [3.63, 3.8) is 0 Å². The van der Waals surface area contributed by atoms with E-state index in [2.05, 4.69) is 40.7 Å². The van der Waals surface area contributed by atoms with E-state index in [4.69, 9.17) is 4.74 Å². The van der Waals surface area contributed by atoms with Crippen molar-refractivity contribution in [1.82, 2.24) is 14.9 Å². The number of rotatable bonds is 1. The number of fused-ring (bicyclic) bond motifs is 4. The molecule has 5 nitrogen and oxygen atoms in total. The van der Waals surface area contributed by atoms with E-state index in [1.807, 2.05) is 0 Å². The molecule has 2 saturated heterocycles. The van der Waals surface area contributed by atoms with Crippen LogP contribution in [0.15, 0.2) is 6.33 Å². The third kappa shape index (κ3) is 2.30. The molecule has 0 N–H and O–H groups in total. The van der Waals surface area contributed by atoms with Crippen molar-refractivity contribution >= 4 is 27.4 Å². The Bertz CT molecular complexity index is 701. The second-order valence-electron chi connectivity index (χ2n) is 6.56. The Balaban J connectivity index is 1.78. The van der Waals surface area contributed by atoms with Crippen LogP contribution in [-0.4, -0.2) is 60.8 Å². The third-order valence-corrected chi connectivity index (χ3v) is 6.10. The van der Waals surface area contributed by atoms with Crippen LogP contribution >= 0.6 is 11.3 Å². The van der Waals surface area contributed by atoms with E-state index < -0.39 is 0 Å². The molecule has 2 aliphatic rings. The second kappa shape index (κ2) is 5.44. The van der Waals surface area contributed by atoms with Crippen LogP contribution in [0.1, 0.15) is 10.4 Å². The molecule has 2 aliphatic heterocycles. The van der Waals surface area contributed by atoms with E-state index in [1.165, 1.54) is 15.8 Å². The van der Waals surface area contributed by atoms with Crippen molar-refractivity contribution in [2.45, 2.75) is 19.9 Å². The summed E-state index contributed by atoms with van der Waals surface area (Å²) in [7, 11) is 2.21. The van der Waals surface area contributed by atoms with Gasteiger partial charge in [0.25, 0.3) is 0 Å². The molecule has 6 heteroatoms. The molecule has 2 aromatic heterocycles. The van der Waals surface area contributed by atoms with Crippen molar-refractivity contribution in [2.75, 3.05) is 44.8 Å². The molecule has 4 heterocycles. The summed E-state index contributed by atoms with van der Waals surface area (Å²) in [6, 6.07) is 0.442. The summed E-state index contributed by atoms with van der Waals surface area (Å²) in [6.45, 7) is 9.14. The van der Waals surface area contributed by atoms with Gasteiger partial charge in [-0.2, -0.15) is 0 Å². The fourth-order valence-corrected chi connectivity index (χ4v) is 4.62. The minimum absolute atomic E-state index is 0.442. The quantitative estimate of drug-likeness (QED) is 0.805. The largest absolute Gasteiger partial charge is 0.379 e. The van der Waals surface area contributed by atoms with Crippen LogP contribution in [0.2, 0.25) is 0 Å². The van der Waals surface area contributed by atoms with Gasteiger partial charge in [0.1, 0.15) is 17.0 Å². The molecular formula is C16H22N4OS. The highest BCUT2D eigenvalue weighted by Gasteiger charge is 2.32. The molecule has 22 heavy (non-hydrogen) atoms. The van der Waals surface area contributed by atoms with Gasteiger partial charge in [0.05, 0.1) is 24.6 Å². The van der Waals surface area contributed by atoms with Crippen LogP contribution < -0.4 is 4.90 Å². The summed E-state index contributed by atoms with van der Waals surface area (Å²) in [6.07, 6.45) is 1.72. The molecule has 0 unspecified atom stereocenters. The highest BCUT2D eigenvalue weighted by molar-refractivity contribution is 7.18. The van der Waals surface area contributed by atoms with Crippen LogP contribution in [0.5, 0.6) is 0 Å². The predicted octanol–water partition coefficient (Wildman–Crippen LogP) is 2.07. The smallest absolute Gasteiger partial charge is 0.141 e. The zero-order chi connectivity index (χ0) is 15.3. The summed E-state index contributed by atoms with van der Waals surface area (Å²) >= 11 is 1.77. The maximum Gasteiger partial charge on any atom is 0.141 e. The SMILES string of the molecule is Cc1sc2ncnc(N3C[C@@H]4COC[C@H](C3)N(C)C4)c2c1C. The number of hydrogen-bond donors (Lipinski definition) is 0. The monoisotopic (exact) mass is 318 g/mol. The van der Waals surface area contributed by atoms with E-state index >= 15 is 0 Å². The van der Waals surface area contributed by atoms with Gasteiger partial charge < -0.3 is 9.64 Å². The molecule has 4 rings (SSSR count). The standard InChI is InChI=1S/C16H22N4OS/c1-10-11(2)22-16-14(10)15(17-9-18-16)20-5-12-4-19(3)13(6-20)8-21-7-12/h9,12-13H,4-8H2,1-3H3/t12-,13+/m1/s1. The van der Waals surface area contributed by atoms with Crippen LogP contribution in [0, 0.1) is 19.8 Å². The first-order valence-corrected chi connectivity index (χ1v) is 8.68. The number of hydrogen-bond acceptors (Lipinski definition) is 6. The van der Waals surface area contributed by atoms with E-state index in [0.29, 0.717) is 12.0 Å². The predicted molar refractivity (Wildman–Crippen MR) is 89.8 cm³/mol. The number of aryl methyl sites for hydroxylation is 2. The fourth-order valence-electron chi connectivity index (χ4n) is 3.63. The molecule has 0 aromatic carbocycles. The minimum Gasteiger partial charge on any atom is -0.379 e. The third-order valence-electron chi connectivity index (χ3n) is 4.99. The van der Waals surface area contributed by atoms with Crippen LogP contribution in [0.25, 0.3) is 10.2 Å². The van der Waals surface area contributed by atoms with Gasteiger partial charge in [0.2, 0.25) is 0 Å². The number of thiophene rings is 1. The summed E-state index contributed by atoms with van der Waals surface area (Å²) < 4.78 is 5.83. The van der Waals surface area contributed by atoms with Gasteiger partial charge in [-0.05, 0) is 26.5 Å². The van der Waals surface area contributed by atoms with Gasteiger partial charge in [0, 0.05) is 30.4 Å². The fraction of sp³-hybridized carbons (Fsp3) is 0.625. The molecule has 2 aromatic rings. The Morgan fingerprint density at radius 2 is 2.05 bits per heavy atom. The molecule has 2 atom stereocenters. The van der Waals surface area contributed by atoms with Gasteiger partial charge >= 0.3 is 0 Å². The summed E-state index contributed by atoms with van der Waals surface area (Å²) in [5, 5.41) is 1.24. The first-order chi connectivity index (χ1) is 10.6. The van der Waals surface area contributed by atoms with Crippen molar-refractivity contribution in [3.8, 4) is 0 Å². The van der Waals surface area contributed by atoms with Gasteiger partial charge in [-0.3, -0.25) is 4.90 Å². The zero-order valence-corrected chi connectivity index (χ0v) is 14.2. The summed E-state index contributed by atoms with van der Waals surface area (Å²) in [5.41, 5.74) is 1.33. The second-order valence-corrected chi connectivity index (χ2v) is 7.77. The van der Waals surface area contributed by atoms with Crippen molar-refractivity contribution in [3.05, 3.63) is 16.8 Å². The first-order valence-electron chi connectivity index (χ1n) is 7.87. The van der Waals surface area contributed by atoms with Crippen LogP contribution in [0.3, 0.4) is 0 Å². The lowest BCUT2D eigenvalue weighted by molar-refractivity contribution is 0.0930. The highest BCUT2D eigenvalue weighted by Crippen LogP contribution is 2.35. The number of aromatic nitrogens is 2. The average molecular weight is 318 g/mol. The van der Waals surface area contributed by atoms with Crippen LogP contribution in [0.4, 0.5) is 5.82 Å². The van der Waals surface area contributed by atoms with E-state index in [1.54, 1.807) is 17.7 Å². The van der Waals surface area contributed by atoms with E-state index in [9.17, 15) is 0 Å². The van der Waals surface area contributed by atoms with E-state index in [0.717, 1.165) is 43.5 Å². The summed E-state index contributed by atoms with van der Waals surface area (Å²) in [5.74, 6) is 1.65. The lowest BCUT2D eigenvalue weighted by Gasteiger charge is -2.31. The molecule has 2 bridgehead atoms. The number of likely N-dealkylation sites (N-methyl/N-ethyl adjacent to an activating group) is 1. The maximum atomic E-state index is 5.83. The lowest BCUT2D eigenvalue weighted by Crippen LogP contribution is -2.42. The Kier molecular flexibility index (Phi) is 3.55. The molecule has 0 saturated carbocycles. The minimum atomic E-state index is 0.442. The van der Waals surface area contributed by atoms with Crippen LogP contribution in [-0.2, 0) is 4.74 Å². The van der Waals surface area contributed by atoms with Gasteiger partial charge in [-0.25, -0.2) is 9.97 Å². The Morgan fingerprint density at radius 3 is 2.91 bits per heavy atom. The van der Waals surface area contributed by atoms with Gasteiger partial charge in [-0.1, -0.05) is 0 Å². The number of nitrogens with zero attached hydrogens (tertiary/aromatic N) is 4. The maximum absolute atomic E-state index is 5.83. The normalized spacial score (nSPS) is 26.4. The Hall–Kier alpha value is -1.24. The van der Waals surface area contributed by atoms with Gasteiger partial charge in [0.15, 0.2) is 0 Å². The zero-order valence-electron chi connectivity index (χ0n) is 13.4. The van der Waals surface area contributed by atoms with Crippen molar-refractivity contribution in [1.29, 1.82) is 0 Å². The molecular weight excluding hydrogens is 296 g/mol. The molecule has 0 radical (unpaired) electrons. The molecule has 0 aliphatic carbocycles. The topological polar surface area (TPSA) is 41.5 Å². The Morgan fingerprint density at radius 1 is 1.18 bits per heavy atom. The summed E-state index contributed by atoms with van der Waals surface area (Å²) in [4.78, 5) is 16.5. The van der Waals surface area contributed by atoms with E-state index in [-0.39, 0.29) is 0 Å².